The number of aromatic nitrogens is 4. The number of fused-ring (bicyclic) bond motifs is 7. The fraction of sp³-hybridized carbons (Fsp3) is 0.0690. The first-order valence-electron chi connectivity index (χ1n) is 22.1. The van der Waals surface area contributed by atoms with Crippen LogP contribution in [0.3, 0.4) is 0 Å². The molecule has 11 aromatic rings. The highest BCUT2D eigenvalue weighted by Crippen LogP contribution is 2.55. The zero-order chi connectivity index (χ0) is 43.0. The summed E-state index contributed by atoms with van der Waals surface area (Å²) in [6.45, 7) is 4.73. The average molecular weight is 840 g/mol. The van der Waals surface area contributed by atoms with E-state index in [9.17, 15) is 0 Å². The molecule has 0 aliphatic carbocycles. The van der Waals surface area contributed by atoms with Crippen LogP contribution in [-0.2, 0) is 12.5 Å². The molecule has 0 N–H and O–H groups in total. The third-order valence-corrected chi connectivity index (χ3v) is 18.5. The Bertz CT molecular complexity index is 3500. The molecule has 1 aliphatic rings. The molecule has 8 aromatic carbocycles. The predicted octanol–water partition coefficient (Wildman–Crippen LogP) is 11.2. The molecule has 0 radical (unpaired) electrons. The molecule has 0 saturated carbocycles. The molecular weight excluding hydrogens is 795 g/mol. The van der Waals surface area contributed by atoms with Crippen molar-refractivity contribution in [3.8, 4) is 17.2 Å². The number of rotatable bonds is 7. The van der Waals surface area contributed by atoms with Gasteiger partial charge in [0.25, 0.3) is 0 Å². The molecule has 4 heterocycles. The number of imidazole rings is 1. The fourth-order valence-electron chi connectivity index (χ4n) is 10.8. The number of pyridine rings is 1. The molecule has 0 atom stereocenters. The summed E-state index contributed by atoms with van der Waals surface area (Å²) in [4.78, 5) is 12.8. The van der Waals surface area contributed by atoms with E-state index < -0.39 is 8.07 Å². The second-order valence-corrected chi connectivity index (χ2v) is 21.3. The maximum Gasteiger partial charge on any atom is 0.179 e. The van der Waals surface area contributed by atoms with E-state index in [1.807, 2.05) is 12.3 Å². The minimum atomic E-state index is -3.06. The summed E-state index contributed by atoms with van der Waals surface area (Å²) in [6.07, 6.45) is 1.92. The number of aryl methyl sites for hydroxylation is 1. The van der Waals surface area contributed by atoms with Crippen molar-refractivity contribution in [2.45, 2.75) is 19.3 Å². The maximum atomic E-state index is 5.19. The van der Waals surface area contributed by atoms with E-state index in [0.29, 0.717) is 0 Å². The summed E-state index contributed by atoms with van der Waals surface area (Å²) in [7, 11) is -0.934. The Morgan fingerprint density at radius 3 is 1.88 bits per heavy atom. The van der Waals surface area contributed by atoms with Gasteiger partial charge < -0.3 is 9.47 Å². The van der Waals surface area contributed by atoms with E-state index in [-0.39, 0.29) is 5.41 Å². The van der Waals surface area contributed by atoms with Crippen molar-refractivity contribution < 1.29 is 0 Å². The van der Waals surface area contributed by atoms with Crippen LogP contribution in [0.2, 0.25) is 0 Å². The number of benzene rings is 8. The summed E-state index contributed by atoms with van der Waals surface area (Å²) in [5.74, 6) is 1.84. The zero-order valence-corrected chi connectivity index (χ0v) is 37.0. The average Bonchev–Trinajstić information content (AvgIpc) is 3.87. The van der Waals surface area contributed by atoms with Crippen LogP contribution >= 0.6 is 0 Å². The summed E-state index contributed by atoms with van der Waals surface area (Å²) < 4.78 is 4.66. The third-order valence-electron chi connectivity index (χ3n) is 13.7. The Balaban J connectivity index is 1.20. The number of nitrogens with zero attached hydrogens (tertiary/aromatic N) is 5. The standard InChI is InChI=1S/C58H45N5Si/c1-58(2)48-28-13-15-30-51(48)62(41-21-7-4-8-22-41)56-49(58)36-35-47-46-34-33-45(39-53(46)63(55(47)56)54-32-17-18-37-59-54)64(42-23-9-5-10-24-42,43-25-11-6-12-26-43)44-27-19-20-40(38-44)57-60-50-29-14-16-31-52(50)61(57)3/h4-39H,1-3H3. The van der Waals surface area contributed by atoms with Gasteiger partial charge in [-0.3, -0.25) is 4.57 Å². The number of para-hydroxylation sites is 4. The van der Waals surface area contributed by atoms with E-state index in [2.05, 4.69) is 241 Å². The van der Waals surface area contributed by atoms with Crippen LogP contribution in [-0.4, -0.2) is 27.2 Å². The SMILES string of the molecule is Cn1c(-c2cccc([Si](c3ccccc3)(c3ccccc3)c3ccc4c5ccc6c(c5n(-c5ccccn5)c4c3)N(c3ccccc3)c3ccccc3C6(C)C)c2)nc2ccccc21. The van der Waals surface area contributed by atoms with Crippen molar-refractivity contribution in [2.75, 3.05) is 4.90 Å². The predicted molar refractivity (Wildman–Crippen MR) is 269 cm³/mol. The molecule has 0 spiro atoms. The number of hydrogen-bond donors (Lipinski definition) is 0. The van der Waals surface area contributed by atoms with Crippen LogP contribution in [0.4, 0.5) is 17.1 Å². The second-order valence-electron chi connectivity index (χ2n) is 17.5. The minimum Gasteiger partial charge on any atom is -0.327 e. The summed E-state index contributed by atoms with van der Waals surface area (Å²) in [5, 5.41) is 7.59. The Morgan fingerprint density at radius 1 is 0.500 bits per heavy atom. The monoisotopic (exact) mass is 839 g/mol. The molecule has 0 bridgehead atoms. The van der Waals surface area contributed by atoms with Crippen molar-refractivity contribution in [3.63, 3.8) is 0 Å². The quantitative estimate of drug-likeness (QED) is 0.119. The van der Waals surface area contributed by atoms with Gasteiger partial charge in [-0.05, 0) is 80.4 Å². The van der Waals surface area contributed by atoms with Crippen LogP contribution < -0.4 is 25.6 Å². The largest absolute Gasteiger partial charge is 0.327 e. The molecule has 0 unspecified atom stereocenters. The normalized spacial score (nSPS) is 13.3. The van der Waals surface area contributed by atoms with Gasteiger partial charge >= 0.3 is 0 Å². The van der Waals surface area contributed by atoms with Gasteiger partial charge in [-0.2, -0.15) is 0 Å². The Labute approximate surface area is 374 Å². The number of hydrogen-bond acceptors (Lipinski definition) is 3. The molecule has 1 aliphatic heterocycles. The summed E-state index contributed by atoms with van der Waals surface area (Å²) in [6, 6.07) is 78.1. The first kappa shape index (κ1) is 37.9. The topological polar surface area (TPSA) is 38.9 Å². The van der Waals surface area contributed by atoms with Crippen molar-refractivity contribution >= 4 is 78.7 Å². The highest BCUT2D eigenvalue weighted by atomic mass is 28.3. The van der Waals surface area contributed by atoms with Crippen LogP contribution in [0.1, 0.15) is 25.0 Å². The van der Waals surface area contributed by atoms with Gasteiger partial charge in [0.15, 0.2) is 8.07 Å². The second kappa shape index (κ2) is 14.7. The molecule has 0 saturated heterocycles. The van der Waals surface area contributed by atoms with Gasteiger partial charge in [0, 0.05) is 40.7 Å². The fourth-order valence-corrected chi connectivity index (χ4v) is 15.5. The molecular formula is C58H45N5Si. The first-order valence-corrected chi connectivity index (χ1v) is 24.1. The number of anilines is 3. The maximum absolute atomic E-state index is 5.19. The van der Waals surface area contributed by atoms with Crippen LogP contribution in [0.25, 0.3) is 50.0 Å². The lowest BCUT2D eigenvalue weighted by Crippen LogP contribution is -2.74. The van der Waals surface area contributed by atoms with E-state index >= 15 is 0 Å². The van der Waals surface area contributed by atoms with E-state index in [1.54, 1.807) is 0 Å². The van der Waals surface area contributed by atoms with Gasteiger partial charge in [0.05, 0.1) is 33.4 Å². The van der Waals surface area contributed by atoms with E-state index in [4.69, 9.17) is 9.97 Å². The highest BCUT2D eigenvalue weighted by molar-refractivity contribution is 7.20. The molecule has 6 heteroatoms. The Kier molecular flexibility index (Phi) is 8.68. The van der Waals surface area contributed by atoms with Crippen LogP contribution in [0, 0.1) is 0 Å². The van der Waals surface area contributed by atoms with Gasteiger partial charge in [-0.25, -0.2) is 9.97 Å². The smallest absolute Gasteiger partial charge is 0.179 e. The zero-order valence-electron chi connectivity index (χ0n) is 36.0. The molecule has 12 rings (SSSR count). The lowest BCUT2D eigenvalue weighted by molar-refractivity contribution is 0.633. The highest BCUT2D eigenvalue weighted by Gasteiger charge is 2.43. The van der Waals surface area contributed by atoms with E-state index in [0.717, 1.165) is 45.0 Å². The van der Waals surface area contributed by atoms with Gasteiger partial charge in [0.2, 0.25) is 0 Å². The first-order chi connectivity index (χ1) is 31.4. The molecule has 306 valence electrons. The van der Waals surface area contributed by atoms with Gasteiger partial charge in [-0.1, -0.05) is 178 Å². The minimum absolute atomic E-state index is 0.269. The van der Waals surface area contributed by atoms with Crippen LogP contribution in [0.5, 0.6) is 0 Å². The lowest BCUT2D eigenvalue weighted by atomic mass is 9.73. The van der Waals surface area contributed by atoms with Gasteiger partial charge in [-0.15, -0.1) is 0 Å². The Morgan fingerprint density at radius 2 is 1.14 bits per heavy atom. The molecule has 0 fully saturated rings. The van der Waals surface area contributed by atoms with Crippen molar-refractivity contribution in [1.82, 2.24) is 19.1 Å². The van der Waals surface area contributed by atoms with Crippen molar-refractivity contribution in [1.29, 1.82) is 0 Å². The van der Waals surface area contributed by atoms with E-state index in [1.165, 1.54) is 54.0 Å². The summed E-state index contributed by atoms with van der Waals surface area (Å²) in [5.41, 5.74) is 11.3. The van der Waals surface area contributed by atoms with Crippen molar-refractivity contribution in [3.05, 3.63) is 230 Å². The third kappa shape index (κ3) is 5.55. The lowest BCUT2D eigenvalue weighted by Gasteiger charge is -2.42. The Hall–Kier alpha value is -7.80. The molecule has 5 nitrogen and oxygen atoms in total. The van der Waals surface area contributed by atoms with Gasteiger partial charge in [0.1, 0.15) is 11.6 Å². The van der Waals surface area contributed by atoms with Crippen molar-refractivity contribution in [2.24, 2.45) is 7.05 Å². The molecule has 64 heavy (non-hydrogen) atoms. The summed E-state index contributed by atoms with van der Waals surface area (Å²) >= 11 is 0. The molecule has 0 amide bonds. The molecule has 3 aromatic heterocycles. The van der Waals surface area contributed by atoms with Crippen LogP contribution in [0.15, 0.2) is 219 Å².